The Morgan fingerprint density at radius 3 is 2.90 bits per heavy atom. The highest BCUT2D eigenvalue weighted by Crippen LogP contribution is 2.36. The topological polar surface area (TPSA) is 93.6 Å². The van der Waals surface area contributed by atoms with Gasteiger partial charge in [-0.05, 0) is 18.9 Å². The van der Waals surface area contributed by atoms with Crippen LogP contribution in [0.5, 0.6) is 0 Å². The fourth-order valence-electron chi connectivity index (χ4n) is 3.02. The molecule has 1 aliphatic heterocycles. The second-order valence-corrected chi connectivity index (χ2v) is 5.73. The van der Waals surface area contributed by atoms with E-state index in [4.69, 9.17) is 0 Å². The van der Waals surface area contributed by atoms with Crippen LogP contribution in [0.1, 0.15) is 36.5 Å². The molecule has 0 radical (unpaired) electrons. The van der Waals surface area contributed by atoms with Crippen LogP contribution in [0.15, 0.2) is 23.1 Å². The number of aromatic nitrogens is 1. The van der Waals surface area contributed by atoms with E-state index in [1.807, 2.05) is 6.92 Å². The minimum absolute atomic E-state index is 0.0744. The minimum Gasteiger partial charge on any atom is -0.396 e. The Hall–Kier alpha value is -1.66. The number of aromatic amines is 1. The number of rotatable bonds is 4. The second kappa shape index (κ2) is 6.41. The molecule has 116 valence electrons. The van der Waals surface area contributed by atoms with Crippen molar-refractivity contribution >= 4 is 5.91 Å². The zero-order chi connectivity index (χ0) is 15.5. The number of β-amino-alcohol motifs (C(OH)–C–C–N with tert-alkyl or cyclic N) is 1. The molecule has 1 aliphatic rings. The molecule has 3 N–H and O–H groups in total. The van der Waals surface area contributed by atoms with Crippen LogP contribution >= 0.6 is 0 Å². The first-order chi connectivity index (χ1) is 10.0. The van der Waals surface area contributed by atoms with E-state index in [-0.39, 0.29) is 24.6 Å². The lowest BCUT2D eigenvalue weighted by atomic mass is 9.73. The standard InChI is InChI=1S/C15H22N2O4/c1-2-4-15(10-18)5-7-17(9-12(15)19)14(21)11-3-6-16-13(20)8-11/h3,6,8,12,18-19H,2,4-5,7,9-10H2,1H3,(H,16,20)/t12-,15+/m0/s1. The lowest BCUT2D eigenvalue weighted by Crippen LogP contribution is -2.54. The van der Waals surface area contributed by atoms with E-state index in [2.05, 4.69) is 4.98 Å². The van der Waals surface area contributed by atoms with Gasteiger partial charge in [-0.2, -0.15) is 0 Å². The summed E-state index contributed by atoms with van der Waals surface area (Å²) in [6.45, 7) is 2.60. The summed E-state index contributed by atoms with van der Waals surface area (Å²) >= 11 is 0. The van der Waals surface area contributed by atoms with E-state index in [1.165, 1.54) is 12.3 Å². The maximum Gasteiger partial charge on any atom is 0.254 e. The van der Waals surface area contributed by atoms with Gasteiger partial charge in [0.2, 0.25) is 5.56 Å². The number of nitrogens with one attached hydrogen (secondary N) is 1. The first-order valence-corrected chi connectivity index (χ1v) is 7.29. The number of aliphatic hydroxyl groups is 2. The largest absolute Gasteiger partial charge is 0.396 e. The average Bonchev–Trinajstić information content (AvgIpc) is 2.49. The quantitative estimate of drug-likeness (QED) is 0.747. The predicted octanol–water partition coefficient (Wildman–Crippen LogP) is 0.361. The zero-order valence-corrected chi connectivity index (χ0v) is 12.2. The summed E-state index contributed by atoms with van der Waals surface area (Å²) in [5.74, 6) is -0.261. The van der Waals surface area contributed by atoms with Crippen LogP contribution in [-0.2, 0) is 0 Å². The van der Waals surface area contributed by atoms with E-state index >= 15 is 0 Å². The van der Waals surface area contributed by atoms with Crippen molar-refractivity contribution in [3.8, 4) is 0 Å². The molecule has 2 heterocycles. The summed E-state index contributed by atoms with van der Waals surface area (Å²) in [6.07, 6.45) is 2.86. The van der Waals surface area contributed by atoms with Crippen LogP contribution < -0.4 is 5.56 Å². The Bertz CT molecular complexity index is 557. The summed E-state index contributed by atoms with van der Waals surface area (Å²) in [5.41, 5.74) is -0.522. The molecule has 1 fully saturated rings. The number of carbonyl (C=O) groups is 1. The average molecular weight is 294 g/mol. The fraction of sp³-hybridized carbons (Fsp3) is 0.600. The maximum atomic E-state index is 12.4. The van der Waals surface area contributed by atoms with E-state index in [0.29, 0.717) is 18.5 Å². The molecule has 0 unspecified atom stereocenters. The number of H-pyrrole nitrogens is 1. The van der Waals surface area contributed by atoms with Gasteiger partial charge in [0.25, 0.3) is 5.91 Å². The van der Waals surface area contributed by atoms with Crippen molar-refractivity contribution in [2.45, 2.75) is 32.3 Å². The molecular weight excluding hydrogens is 272 g/mol. The Morgan fingerprint density at radius 2 is 2.33 bits per heavy atom. The lowest BCUT2D eigenvalue weighted by molar-refractivity contribution is -0.0713. The van der Waals surface area contributed by atoms with Crippen LogP contribution in [-0.4, -0.2) is 51.8 Å². The lowest BCUT2D eigenvalue weighted by Gasteiger charge is -2.44. The van der Waals surface area contributed by atoms with Crippen LogP contribution in [0, 0.1) is 5.41 Å². The number of nitrogens with zero attached hydrogens (tertiary/aromatic N) is 1. The highest BCUT2D eigenvalue weighted by atomic mass is 16.3. The SMILES string of the molecule is CCC[C@]1(CO)CCN(C(=O)c2cc[nH]c(=O)c2)C[C@@H]1O. The normalized spacial score (nSPS) is 25.9. The van der Waals surface area contributed by atoms with Gasteiger partial charge in [0.15, 0.2) is 0 Å². The van der Waals surface area contributed by atoms with Crippen LogP contribution in [0.2, 0.25) is 0 Å². The molecule has 1 saturated heterocycles. The number of likely N-dealkylation sites (tertiary alicyclic amines) is 1. The smallest absolute Gasteiger partial charge is 0.254 e. The Morgan fingerprint density at radius 1 is 1.57 bits per heavy atom. The van der Waals surface area contributed by atoms with Crippen LogP contribution in [0.4, 0.5) is 0 Å². The van der Waals surface area contributed by atoms with E-state index in [1.54, 1.807) is 11.0 Å². The van der Waals surface area contributed by atoms with E-state index in [9.17, 15) is 19.8 Å². The van der Waals surface area contributed by atoms with Crippen LogP contribution in [0.3, 0.4) is 0 Å². The number of piperidine rings is 1. The molecule has 0 saturated carbocycles. The molecular formula is C15H22N2O4. The predicted molar refractivity (Wildman–Crippen MR) is 78.0 cm³/mol. The van der Waals surface area contributed by atoms with Gasteiger partial charge in [-0.3, -0.25) is 9.59 Å². The first-order valence-electron chi connectivity index (χ1n) is 7.29. The zero-order valence-electron chi connectivity index (χ0n) is 12.2. The monoisotopic (exact) mass is 294 g/mol. The maximum absolute atomic E-state index is 12.4. The molecule has 1 amide bonds. The molecule has 0 bridgehead atoms. The molecule has 0 spiro atoms. The Kier molecular flexibility index (Phi) is 4.80. The minimum atomic E-state index is -0.748. The third kappa shape index (κ3) is 3.16. The van der Waals surface area contributed by atoms with Gasteiger partial charge in [-0.25, -0.2) is 0 Å². The third-order valence-corrected chi connectivity index (χ3v) is 4.35. The van der Waals surface area contributed by atoms with Gasteiger partial charge >= 0.3 is 0 Å². The van der Waals surface area contributed by atoms with Gasteiger partial charge in [0.1, 0.15) is 0 Å². The van der Waals surface area contributed by atoms with Gasteiger partial charge in [0, 0.05) is 36.3 Å². The number of aliphatic hydroxyl groups excluding tert-OH is 2. The van der Waals surface area contributed by atoms with Gasteiger partial charge in [-0.15, -0.1) is 0 Å². The van der Waals surface area contributed by atoms with Crippen molar-refractivity contribution < 1.29 is 15.0 Å². The van der Waals surface area contributed by atoms with Crippen molar-refractivity contribution in [2.24, 2.45) is 5.41 Å². The summed E-state index contributed by atoms with van der Waals surface area (Å²) in [5, 5.41) is 20.0. The van der Waals surface area contributed by atoms with Crippen molar-refractivity contribution in [3.63, 3.8) is 0 Å². The second-order valence-electron chi connectivity index (χ2n) is 5.73. The molecule has 6 nitrogen and oxygen atoms in total. The summed E-state index contributed by atoms with van der Waals surface area (Å²) in [6, 6.07) is 2.81. The van der Waals surface area contributed by atoms with Crippen molar-refractivity contribution in [2.75, 3.05) is 19.7 Å². The summed E-state index contributed by atoms with van der Waals surface area (Å²) in [4.78, 5) is 27.6. The molecule has 2 rings (SSSR count). The fourth-order valence-corrected chi connectivity index (χ4v) is 3.02. The molecule has 0 aliphatic carbocycles. The van der Waals surface area contributed by atoms with Crippen molar-refractivity contribution in [3.05, 3.63) is 34.2 Å². The van der Waals surface area contributed by atoms with Gasteiger partial charge in [0.05, 0.1) is 12.7 Å². The molecule has 1 aromatic heterocycles. The highest BCUT2D eigenvalue weighted by Gasteiger charge is 2.42. The highest BCUT2D eigenvalue weighted by molar-refractivity contribution is 5.94. The third-order valence-electron chi connectivity index (χ3n) is 4.35. The molecule has 21 heavy (non-hydrogen) atoms. The molecule has 6 heteroatoms. The number of carbonyl (C=O) groups excluding carboxylic acids is 1. The van der Waals surface area contributed by atoms with Crippen molar-refractivity contribution in [1.29, 1.82) is 0 Å². The summed E-state index contributed by atoms with van der Waals surface area (Å²) < 4.78 is 0. The number of hydrogen-bond donors (Lipinski definition) is 3. The number of amides is 1. The first kappa shape index (κ1) is 15.7. The Labute approximate surface area is 123 Å². The number of hydrogen-bond acceptors (Lipinski definition) is 4. The number of pyridine rings is 1. The van der Waals surface area contributed by atoms with Crippen molar-refractivity contribution in [1.82, 2.24) is 9.88 Å². The Balaban J connectivity index is 2.12. The molecule has 1 aromatic rings. The van der Waals surface area contributed by atoms with Gasteiger partial charge < -0.3 is 20.1 Å². The molecule has 2 atom stereocenters. The van der Waals surface area contributed by atoms with E-state index < -0.39 is 11.5 Å². The van der Waals surface area contributed by atoms with E-state index in [0.717, 1.165) is 12.8 Å². The van der Waals surface area contributed by atoms with Crippen LogP contribution in [0.25, 0.3) is 0 Å². The van der Waals surface area contributed by atoms with Gasteiger partial charge in [-0.1, -0.05) is 13.3 Å². The molecule has 0 aromatic carbocycles. The summed E-state index contributed by atoms with van der Waals surface area (Å²) in [7, 11) is 0.